The van der Waals surface area contributed by atoms with Gasteiger partial charge in [0.2, 0.25) is 0 Å². The van der Waals surface area contributed by atoms with Crippen molar-refractivity contribution in [2.45, 2.75) is 24.1 Å². The highest BCUT2D eigenvalue weighted by molar-refractivity contribution is 5.56. The number of hydrogen-bond donors (Lipinski definition) is 3. The second-order valence-corrected chi connectivity index (χ2v) is 5.74. The van der Waals surface area contributed by atoms with Crippen LogP contribution in [0.25, 0.3) is 0 Å². The van der Waals surface area contributed by atoms with Crippen LogP contribution in [0.15, 0.2) is 48.5 Å². The molecule has 0 spiro atoms. The number of nitrogens with one attached hydrogen (secondary N) is 1. The average Bonchev–Trinajstić information content (AvgIpc) is 2.66. The molecular formula is C17H17NO2. The van der Waals surface area contributed by atoms with Gasteiger partial charge in [-0.2, -0.15) is 0 Å². The van der Waals surface area contributed by atoms with Crippen LogP contribution in [0.5, 0.6) is 0 Å². The van der Waals surface area contributed by atoms with E-state index in [1.807, 2.05) is 30.3 Å². The molecule has 0 aromatic heterocycles. The predicted molar refractivity (Wildman–Crippen MR) is 76.1 cm³/mol. The third-order valence-corrected chi connectivity index (χ3v) is 4.66. The highest BCUT2D eigenvalue weighted by Crippen LogP contribution is 2.51. The summed E-state index contributed by atoms with van der Waals surface area (Å²) in [6.07, 6.45) is 1.12. The molecule has 2 bridgehead atoms. The Hall–Kier alpha value is -1.68. The lowest BCUT2D eigenvalue weighted by Gasteiger charge is -2.40. The van der Waals surface area contributed by atoms with E-state index < -0.39 is 11.3 Å². The van der Waals surface area contributed by atoms with Crippen LogP contribution < -0.4 is 5.32 Å². The van der Waals surface area contributed by atoms with Crippen LogP contribution in [-0.4, -0.2) is 16.8 Å². The number of aliphatic hydroxyl groups is 2. The lowest BCUT2D eigenvalue weighted by molar-refractivity contribution is -0.0185. The first-order chi connectivity index (χ1) is 9.70. The third-order valence-electron chi connectivity index (χ3n) is 4.66. The lowest BCUT2D eigenvalue weighted by Crippen LogP contribution is -2.53. The van der Waals surface area contributed by atoms with Gasteiger partial charge in [0.15, 0.2) is 0 Å². The van der Waals surface area contributed by atoms with Gasteiger partial charge in [0.05, 0.1) is 5.54 Å². The van der Waals surface area contributed by atoms with Crippen molar-refractivity contribution in [1.29, 1.82) is 0 Å². The topological polar surface area (TPSA) is 52.5 Å². The van der Waals surface area contributed by atoms with Gasteiger partial charge in [0, 0.05) is 18.6 Å². The van der Waals surface area contributed by atoms with Crippen LogP contribution in [0, 0.1) is 0 Å². The van der Waals surface area contributed by atoms with Gasteiger partial charge in [0.25, 0.3) is 0 Å². The van der Waals surface area contributed by atoms with Crippen LogP contribution in [0.3, 0.4) is 0 Å². The fraction of sp³-hybridized carbons (Fsp3) is 0.294. The molecule has 0 aliphatic carbocycles. The number of rotatable bonds is 2. The highest BCUT2D eigenvalue weighted by Gasteiger charge is 2.55. The van der Waals surface area contributed by atoms with Crippen LogP contribution in [0.2, 0.25) is 0 Å². The highest BCUT2D eigenvalue weighted by atomic mass is 16.3. The zero-order chi connectivity index (χ0) is 13.8. The first-order valence-corrected chi connectivity index (χ1v) is 7.01. The Balaban J connectivity index is 2.06. The van der Waals surface area contributed by atoms with E-state index in [1.54, 1.807) is 0 Å². The predicted octanol–water partition coefficient (Wildman–Crippen LogP) is 1.62. The molecule has 3 nitrogen and oxygen atoms in total. The van der Waals surface area contributed by atoms with Crippen molar-refractivity contribution in [3.05, 3.63) is 70.8 Å². The average molecular weight is 267 g/mol. The maximum absolute atomic E-state index is 11.0. The van der Waals surface area contributed by atoms with E-state index in [9.17, 15) is 10.2 Å². The minimum absolute atomic E-state index is 0.0751. The summed E-state index contributed by atoms with van der Waals surface area (Å²) in [4.78, 5) is 0. The van der Waals surface area contributed by atoms with E-state index >= 15 is 0 Å². The second kappa shape index (κ2) is 3.92. The van der Waals surface area contributed by atoms with Crippen LogP contribution in [-0.2, 0) is 17.7 Å². The van der Waals surface area contributed by atoms with E-state index in [2.05, 4.69) is 23.5 Å². The first-order valence-electron chi connectivity index (χ1n) is 7.01. The van der Waals surface area contributed by atoms with Crippen LogP contribution in [0.4, 0.5) is 0 Å². The zero-order valence-corrected chi connectivity index (χ0v) is 11.1. The van der Waals surface area contributed by atoms with Crippen molar-refractivity contribution in [3.63, 3.8) is 0 Å². The Morgan fingerprint density at radius 3 is 2.35 bits per heavy atom. The summed E-state index contributed by atoms with van der Waals surface area (Å²) in [6, 6.07) is 16.2. The molecule has 0 saturated carbocycles. The van der Waals surface area contributed by atoms with E-state index in [1.165, 1.54) is 5.56 Å². The van der Waals surface area contributed by atoms with Gasteiger partial charge >= 0.3 is 0 Å². The molecule has 3 N–H and O–H groups in total. The van der Waals surface area contributed by atoms with Gasteiger partial charge in [-0.25, -0.2) is 0 Å². The molecule has 2 aromatic carbocycles. The fourth-order valence-corrected chi connectivity index (χ4v) is 3.92. The molecule has 102 valence electrons. The van der Waals surface area contributed by atoms with Crippen LogP contribution >= 0.6 is 0 Å². The quantitative estimate of drug-likeness (QED) is 0.775. The number of hydrogen-bond acceptors (Lipinski definition) is 3. The summed E-state index contributed by atoms with van der Waals surface area (Å²) >= 11 is 0. The SMILES string of the molecule is OCC[C@@]12N[C@@](O)(Cc3ccccc31)c1ccccc12. The minimum Gasteiger partial charge on any atom is -0.396 e. The maximum Gasteiger partial charge on any atom is 0.147 e. The van der Waals surface area contributed by atoms with Gasteiger partial charge < -0.3 is 10.2 Å². The smallest absolute Gasteiger partial charge is 0.147 e. The van der Waals surface area contributed by atoms with E-state index in [-0.39, 0.29) is 6.61 Å². The second-order valence-electron chi connectivity index (χ2n) is 5.74. The molecule has 3 heteroatoms. The van der Waals surface area contributed by atoms with E-state index in [0.29, 0.717) is 12.8 Å². The van der Waals surface area contributed by atoms with Gasteiger partial charge in [-0.05, 0) is 23.1 Å². The molecule has 0 unspecified atom stereocenters. The van der Waals surface area contributed by atoms with Crippen molar-refractivity contribution < 1.29 is 10.2 Å². The minimum atomic E-state index is -1.03. The van der Waals surface area contributed by atoms with Crippen molar-refractivity contribution >= 4 is 0 Å². The summed E-state index contributed by atoms with van der Waals surface area (Å²) in [5.74, 6) is 0. The normalized spacial score (nSPS) is 29.9. The van der Waals surface area contributed by atoms with Crippen molar-refractivity contribution in [2.24, 2.45) is 0 Å². The molecule has 2 aliphatic heterocycles. The standard InChI is InChI=1S/C17H17NO2/c19-10-9-16-13-6-2-1-5-12(13)11-17(20,18-16)15-8-4-3-7-14(15)16/h1-8,18-20H,9-11H2/t16-,17-/m1/s1. The Morgan fingerprint density at radius 2 is 1.60 bits per heavy atom. The summed E-state index contributed by atoms with van der Waals surface area (Å²) in [7, 11) is 0. The Kier molecular flexibility index (Phi) is 2.37. The largest absolute Gasteiger partial charge is 0.396 e. The number of aliphatic hydroxyl groups excluding tert-OH is 1. The Bertz CT molecular complexity index is 684. The van der Waals surface area contributed by atoms with Gasteiger partial charge in [-0.3, -0.25) is 5.32 Å². The van der Waals surface area contributed by atoms with E-state index in [0.717, 1.165) is 16.7 Å². The molecule has 0 saturated heterocycles. The molecule has 0 radical (unpaired) electrons. The summed E-state index contributed by atoms with van der Waals surface area (Å²) < 4.78 is 0. The van der Waals surface area contributed by atoms with Crippen molar-refractivity contribution in [2.75, 3.05) is 6.61 Å². The molecule has 2 atom stereocenters. The fourth-order valence-electron chi connectivity index (χ4n) is 3.92. The van der Waals surface area contributed by atoms with Crippen molar-refractivity contribution in [1.82, 2.24) is 5.32 Å². The van der Waals surface area contributed by atoms with Gasteiger partial charge in [-0.1, -0.05) is 48.5 Å². The Morgan fingerprint density at radius 1 is 0.950 bits per heavy atom. The number of benzene rings is 2. The molecule has 2 aromatic rings. The first kappa shape index (κ1) is 12.1. The molecule has 0 amide bonds. The molecule has 2 aliphatic rings. The van der Waals surface area contributed by atoms with Gasteiger partial charge in [-0.15, -0.1) is 0 Å². The summed E-state index contributed by atoms with van der Waals surface area (Å²) in [6.45, 7) is 0.0751. The molecular weight excluding hydrogens is 250 g/mol. The van der Waals surface area contributed by atoms with Crippen LogP contribution in [0.1, 0.15) is 28.7 Å². The molecule has 2 heterocycles. The molecule has 4 rings (SSSR count). The lowest BCUT2D eigenvalue weighted by atomic mass is 9.78. The number of fused-ring (bicyclic) bond motifs is 7. The third kappa shape index (κ3) is 1.35. The zero-order valence-electron chi connectivity index (χ0n) is 11.1. The van der Waals surface area contributed by atoms with Gasteiger partial charge in [0.1, 0.15) is 5.72 Å². The van der Waals surface area contributed by atoms with E-state index in [4.69, 9.17) is 0 Å². The van der Waals surface area contributed by atoms with Crippen molar-refractivity contribution in [3.8, 4) is 0 Å². The summed E-state index contributed by atoms with van der Waals surface area (Å²) in [5, 5.41) is 24.0. The summed E-state index contributed by atoms with van der Waals surface area (Å²) in [5.41, 5.74) is 2.84. The monoisotopic (exact) mass is 267 g/mol. The molecule has 0 fully saturated rings. The Labute approximate surface area is 117 Å². The maximum atomic E-state index is 11.0. The molecule has 20 heavy (non-hydrogen) atoms.